The summed E-state index contributed by atoms with van der Waals surface area (Å²) in [5.41, 5.74) is 0. The topological polar surface area (TPSA) is 96.0 Å². The van der Waals surface area contributed by atoms with Crippen molar-refractivity contribution in [3.05, 3.63) is 59.0 Å². The molecule has 2 rings (SSSR count). The van der Waals surface area contributed by atoms with Crippen molar-refractivity contribution < 1.29 is 31.0 Å². The molecular weight excluding hydrogens is 392 g/mol. The second-order valence-electron chi connectivity index (χ2n) is 5.25. The minimum absolute atomic E-state index is 0.111. The van der Waals surface area contributed by atoms with Gasteiger partial charge in [0.2, 0.25) is 23.9 Å². The monoisotopic (exact) mass is 412 g/mol. The van der Waals surface area contributed by atoms with Crippen LogP contribution in [-0.4, -0.2) is 37.7 Å². The molecule has 146 valence electrons. The molecule has 0 aliphatic heterocycles. The van der Waals surface area contributed by atoms with E-state index in [0.29, 0.717) is 11.5 Å². The second kappa shape index (κ2) is 8.45. The predicted molar refractivity (Wildman–Crippen MR) is 100 cm³/mol. The fourth-order valence-corrected chi connectivity index (χ4v) is 5.74. The van der Waals surface area contributed by atoms with Gasteiger partial charge in [-0.2, -0.15) is 0 Å². The third-order valence-electron chi connectivity index (χ3n) is 3.62. The summed E-state index contributed by atoms with van der Waals surface area (Å²) in [6.07, 6.45) is 0.763. The third-order valence-corrected chi connectivity index (χ3v) is 7.97. The molecule has 0 saturated heterocycles. The molecule has 0 spiro atoms. The van der Waals surface area contributed by atoms with Gasteiger partial charge in [0, 0.05) is 0 Å². The van der Waals surface area contributed by atoms with Crippen LogP contribution in [0.15, 0.2) is 68.8 Å². The molecule has 2 aromatic carbocycles. The Morgan fingerprint density at radius 3 is 1.44 bits per heavy atom. The van der Waals surface area contributed by atoms with Crippen molar-refractivity contribution >= 4 is 19.7 Å². The van der Waals surface area contributed by atoms with Crippen LogP contribution < -0.4 is 9.47 Å². The molecule has 0 heterocycles. The first-order chi connectivity index (χ1) is 12.8. The number of hydrogen-bond donors (Lipinski definition) is 0. The Morgan fingerprint density at radius 2 is 1.15 bits per heavy atom. The summed E-state index contributed by atoms with van der Waals surface area (Å²) in [6.45, 7) is 1.73. The Hall–Kier alpha value is -2.52. The molecule has 7 nitrogen and oxygen atoms in total. The maximum atomic E-state index is 13.0. The average molecular weight is 412 g/mol. The number of rotatable bonds is 8. The average Bonchev–Trinajstić information content (AvgIpc) is 2.68. The second-order valence-corrected chi connectivity index (χ2v) is 9.34. The smallest absolute Gasteiger partial charge is 0.221 e. The quantitative estimate of drug-likeness (QED) is 0.615. The van der Waals surface area contributed by atoms with Crippen LogP contribution in [0.25, 0.3) is 0 Å². The van der Waals surface area contributed by atoms with Gasteiger partial charge in [-0.05, 0) is 55.5 Å². The molecule has 27 heavy (non-hydrogen) atoms. The highest BCUT2D eigenvalue weighted by atomic mass is 32.3. The normalized spacial score (nSPS) is 11.5. The lowest BCUT2D eigenvalue weighted by Gasteiger charge is -2.12. The molecule has 0 N–H and O–H groups in total. The molecule has 2 aromatic rings. The van der Waals surface area contributed by atoms with Gasteiger partial charge in [0.15, 0.2) is 0 Å². The summed E-state index contributed by atoms with van der Waals surface area (Å²) < 4.78 is 66.1. The van der Waals surface area contributed by atoms with Crippen LogP contribution in [0.4, 0.5) is 0 Å². The standard InChI is InChI=1S/C18H20O7S2/c1-4-25-13-18(26(19,20)16-9-5-14(23-2)6-10-16)27(21,22)17-11-7-15(24-3)8-12-17/h5-13H,4H2,1-3H3. The Bertz CT molecular complexity index is 925. The van der Waals surface area contributed by atoms with Crippen molar-refractivity contribution in [3.63, 3.8) is 0 Å². The van der Waals surface area contributed by atoms with Crippen molar-refractivity contribution in [2.45, 2.75) is 16.7 Å². The summed E-state index contributed by atoms with van der Waals surface area (Å²) in [6, 6.07) is 10.8. The maximum absolute atomic E-state index is 13.0. The van der Waals surface area contributed by atoms with Gasteiger partial charge < -0.3 is 14.2 Å². The molecule has 0 radical (unpaired) electrons. The van der Waals surface area contributed by atoms with E-state index in [0.717, 1.165) is 6.26 Å². The number of benzene rings is 2. The van der Waals surface area contributed by atoms with Gasteiger partial charge in [-0.15, -0.1) is 0 Å². The molecule has 0 saturated carbocycles. The first kappa shape index (κ1) is 20.8. The summed E-state index contributed by atoms with van der Waals surface area (Å²) in [7, 11) is -5.83. The summed E-state index contributed by atoms with van der Waals surface area (Å²) in [5.74, 6) is 0.893. The van der Waals surface area contributed by atoms with Gasteiger partial charge in [-0.3, -0.25) is 0 Å². The highest BCUT2D eigenvalue weighted by molar-refractivity contribution is 8.14. The van der Waals surface area contributed by atoms with Crippen LogP contribution in [0.1, 0.15) is 6.92 Å². The molecule has 0 aliphatic carbocycles. The van der Waals surface area contributed by atoms with Crippen LogP contribution in [0.5, 0.6) is 11.5 Å². The molecule has 9 heteroatoms. The molecular formula is C18H20O7S2. The highest BCUT2D eigenvalue weighted by Gasteiger charge is 2.34. The lowest BCUT2D eigenvalue weighted by molar-refractivity contribution is 0.269. The van der Waals surface area contributed by atoms with Gasteiger partial charge in [-0.25, -0.2) is 16.8 Å². The molecule has 0 aliphatic rings. The van der Waals surface area contributed by atoms with Crippen LogP contribution >= 0.6 is 0 Å². The first-order valence-corrected chi connectivity index (χ1v) is 10.8. The summed E-state index contributed by atoms with van der Waals surface area (Å²) in [4.78, 5) is -0.377. The molecule has 0 fully saturated rings. The van der Waals surface area contributed by atoms with E-state index in [9.17, 15) is 16.8 Å². The van der Waals surface area contributed by atoms with Gasteiger partial charge >= 0.3 is 0 Å². The highest BCUT2D eigenvalue weighted by Crippen LogP contribution is 2.30. The SMILES string of the molecule is CCOC=C(S(=O)(=O)c1ccc(OC)cc1)S(=O)(=O)c1ccc(OC)cc1. The van der Waals surface area contributed by atoms with E-state index >= 15 is 0 Å². The van der Waals surface area contributed by atoms with Crippen LogP contribution in [0.2, 0.25) is 0 Å². The van der Waals surface area contributed by atoms with Crippen LogP contribution in [0, 0.1) is 0 Å². The molecule has 0 aromatic heterocycles. The third kappa shape index (κ3) is 4.42. The number of ether oxygens (including phenoxy) is 3. The van der Waals surface area contributed by atoms with Crippen molar-refractivity contribution in [2.24, 2.45) is 0 Å². The van der Waals surface area contributed by atoms with E-state index in [2.05, 4.69) is 0 Å². The van der Waals surface area contributed by atoms with Crippen molar-refractivity contribution in [1.82, 2.24) is 0 Å². The fourth-order valence-electron chi connectivity index (χ4n) is 2.16. The first-order valence-electron chi connectivity index (χ1n) is 7.87. The number of hydrogen-bond acceptors (Lipinski definition) is 7. The maximum Gasteiger partial charge on any atom is 0.221 e. The lowest BCUT2D eigenvalue weighted by Crippen LogP contribution is -2.16. The minimum atomic E-state index is -4.36. The van der Waals surface area contributed by atoms with Crippen LogP contribution in [-0.2, 0) is 24.4 Å². The zero-order valence-corrected chi connectivity index (χ0v) is 16.7. The summed E-state index contributed by atoms with van der Waals surface area (Å²) >= 11 is 0. The van der Waals surface area contributed by atoms with Crippen molar-refractivity contribution in [3.8, 4) is 11.5 Å². The van der Waals surface area contributed by atoms with Crippen molar-refractivity contribution in [2.75, 3.05) is 20.8 Å². The zero-order valence-electron chi connectivity index (χ0n) is 15.1. The fraction of sp³-hybridized carbons (Fsp3) is 0.222. The molecule has 0 atom stereocenters. The predicted octanol–water partition coefficient (Wildman–Crippen LogP) is 2.79. The lowest BCUT2D eigenvalue weighted by atomic mass is 10.3. The largest absolute Gasteiger partial charge is 0.499 e. The number of sulfone groups is 2. The Morgan fingerprint density at radius 1 is 0.778 bits per heavy atom. The Balaban J connectivity index is 2.58. The van der Waals surface area contributed by atoms with E-state index in [1.807, 2.05) is 0 Å². The van der Waals surface area contributed by atoms with Gasteiger partial charge in [0.25, 0.3) is 0 Å². The number of methoxy groups -OCH3 is 2. The van der Waals surface area contributed by atoms with E-state index in [1.54, 1.807) is 6.92 Å². The van der Waals surface area contributed by atoms with E-state index in [1.165, 1.54) is 62.8 Å². The zero-order chi connectivity index (χ0) is 20.1. The molecule has 0 bridgehead atoms. The summed E-state index contributed by atoms with van der Waals surface area (Å²) in [5, 5.41) is 0. The Kier molecular flexibility index (Phi) is 6.50. The van der Waals surface area contributed by atoms with E-state index in [4.69, 9.17) is 14.2 Å². The minimum Gasteiger partial charge on any atom is -0.499 e. The van der Waals surface area contributed by atoms with Crippen molar-refractivity contribution in [1.29, 1.82) is 0 Å². The van der Waals surface area contributed by atoms with Crippen LogP contribution in [0.3, 0.4) is 0 Å². The molecule has 0 unspecified atom stereocenters. The Labute approximate surface area is 159 Å². The van der Waals surface area contributed by atoms with Gasteiger partial charge in [0.05, 0.1) is 30.6 Å². The molecule has 0 amide bonds. The van der Waals surface area contributed by atoms with Gasteiger partial charge in [-0.1, -0.05) is 0 Å². The van der Waals surface area contributed by atoms with E-state index < -0.39 is 23.9 Å². The van der Waals surface area contributed by atoms with E-state index in [-0.39, 0.29) is 16.4 Å². The van der Waals surface area contributed by atoms with Gasteiger partial charge in [0.1, 0.15) is 17.8 Å².